The number of carbonyl (C=O) groups is 1. The van der Waals surface area contributed by atoms with Gasteiger partial charge in [0.2, 0.25) is 0 Å². The minimum absolute atomic E-state index is 0.0631. The molecule has 0 spiro atoms. The molecule has 2 aliphatic rings. The lowest BCUT2D eigenvalue weighted by molar-refractivity contribution is -0.0442. The number of nitrogens with two attached hydrogens (primary N) is 1. The van der Waals surface area contributed by atoms with Crippen molar-refractivity contribution in [1.82, 2.24) is 14.9 Å². The smallest absolute Gasteiger partial charge is 0.318 e. The van der Waals surface area contributed by atoms with Gasteiger partial charge in [-0.2, -0.15) is 9.97 Å². The maximum absolute atomic E-state index is 13.2. The van der Waals surface area contributed by atoms with Crippen LogP contribution in [0.1, 0.15) is 65.4 Å². The summed E-state index contributed by atoms with van der Waals surface area (Å²) in [4.78, 5) is 23.8. The van der Waals surface area contributed by atoms with E-state index in [2.05, 4.69) is 46.5 Å². The van der Waals surface area contributed by atoms with Crippen LogP contribution in [0.4, 0.5) is 5.82 Å². The predicted octanol–water partition coefficient (Wildman–Crippen LogP) is 3.39. The fourth-order valence-corrected chi connectivity index (χ4v) is 4.51. The van der Waals surface area contributed by atoms with E-state index in [-0.39, 0.29) is 30.2 Å². The van der Waals surface area contributed by atoms with Crippen molar-refractivity contribution in [2.45, 2.75) is 64.2 Å². The largest absolute Gasteiger partial charge is 0.467 e. The molecule has 33 heavy (non-hydrogen) atoms. The molecule has 2 atom stereocenters. The van der Waals surface area contributed by atoms with Crippen LogP contribution in [0.25, 0.3) is 0 Å². The van der Waals surface area contributed by atoms with Gasteiger partial charge in [0.15, 0.2) is 0 Å². The Bertz CT molecular complexity index is 957. The summed E-state index contributed by atoms with van der Waals surface area (Å²) in [7, 11) is 1.51. The van der Waals surface area contributed by atoms with Crippen LogP contribution in [0.5, 0.6) is 6.01 Å². The van der Waals surface area contributed by atoms with E-state index < -0.39 is 0 Å². The average molecular weight is 454 g/mol. The third kappa shape index (κ3) is 5.62. The molecule has 2 aliphatic heterocycles. The molecule has 4 rings (SSSR count). The predicted molar refractivity (Wildman–Crippen MR) is 128 cm³/mol. The van der Waals surface area contributed by atoms with E-state index in [1.54, 1.807) is 0 Å². The summed E-state index contributed by atoms with van der Waals surface area (Å²) in [6.45, 7) is 5.86. The molecule has 2 fully saturated rings. The highest BCUT2D eigenvalue weighted by Gasteiger charge is 2.27. The molecule has 0 saturated carbocycles. The van der Waals surface area contributed by atoms with Crippen molar-refractivity contribution in [2.24, 2.45) is 5.73 Å². The van der Waals surface area contributed by atoms with Crippen molar-refractivity contribution in [3.63, 3.8) is 0 Å². The lowest BCUT2D eigenvalue weighted by Crippen LogP contribution is -2.43. The maximum Gasteiger partial charge on any atom is 0.318 e. The number of carbonyl (C=O) groups excluding carboxylic acids is 1. The quantitative estimate of drug-likeness (QED) is 0.691. The molecular weight excluding hydrogens is 418 g/mol. The molecule has 0 aliphatic carbocycles. The van der Waals surface area contributed by atoms with E-state index in [9.17, 15) is 4.79 Å². The molecule has 0 unspecified atom stereocenters. The number of anilines is 1. The highest BCUT2D eigenvalue weighted by atomic mass is 16.5. The Hall–Kier alpha value is -2.71. The summed E-state index contributed by atoms with van der Waals surface area (Å²) in [5.74, 6) is 0.511. The number of amides is 1. The SMILES string of the molecule is COc1nc(NC[C@H]2CCC[C@@H](c3ccc(C)cc3)O2)c(C)c(C(=O)N2CCC(N)CC2)n1. The van der Waals surface area contributed by atoms with Crippen molar-refractivity contribution < 1.29 is 14.3 Å². The van der Waals surface area contributed by atoms with Crippen LogP contribution >= 0.6 is 0 Å². The van der Waals surface area contributed by atoms with Crippen molar-refractivity contribution in [3.8, 4) is 6.01 Å². The van der Waals surface area contributed by atoms with Gasteiger partial charge in [0.05, 0.1) is 19.3 Å². The van der Waals surface area contributed by atoms with E-state index in [4.69, 9.17) is 15.2 Å². The van der Waals surface area contributed by atoms with Crippen LogP contribution < -0.4 is 15.8 Å². The number of hydrogen-bond donors (Lipinski definition) is 2. The fraction of sp³-hybridized carbons (Fsp3) is 0.560. The van der Waals surface area contributed by atoms with Gasteiger partial charge in [-0.05, 0) is 51.5 Å². The molecule has 3 N–H and O–H groups in total. The fourth-order valence-electron chi connectivity index (χ4n) is 4.51. The number of aromatic nitrogens is 2. The maximum atomic E-state index is 13.2. The first-order valence-electron chi connectivity index (χ1n) is 11.9. The standard InChI is InChI=1S/C25H35N5O3/c1-16-7-9-18(10-8-16)21-6-4-5-20(33-21)15-27-23-17(2)22(28-25(29-23)32-3)24(31)30-13-11-19(26)12-14-30/h7-10,19-21H,4-6,11-15,26H2,1-3H3,(H,27,28,29)/t20-,21+/m1/s1. The van der Waals surface area contributed by atoms with Gasteiger partial charge >= 0.3 is 6.01 Å². The molecule has 3 heterocycles. The monoisotopic (exact) mass is 453 g/mol. The van der Waals surface area contributed by atoms with Gasteiger partial charge in [0.1, 0.15) is 11.5 Å². The summed E-state index contributed by atoms with van der Waals surface area (Å²) in [5.41, 5.74) is 9.56. The molecule has 1 aromatic carbocycles. The van der Waals surface area contributed by atoms with Crippen LogP contribution in [0.2, 0.25) is 0 Å². The van der Waals surface area contributed by atoms with Crippen molar-refractivity contribution in [2.75, 3.05) is 32.1 Å². The topological polar surface area (TPSA) is 103 Å². The Morgan fingerprint density at radius 3 is 2.58 bits per heavy atom. The molecular formula is C25H35N5O3. The van der Waals surface area contributed by atoms with Crippen molar-refractivity contribution >= 4 is 11.7 Å². The lowest BCUT2D eigenvalue weighted by atomic mass is 9.97. The van der Waals surface area contributed by atoms with Gasteiger partial charge < -0.3 is 25.4 Å². The number of ether oxygens (including phenoxy) is 2. The number of rotatable bonds is 6. The van der Waals surface area contributed by atoms with Crippen LogP contribution in [0.15, 0.2) is 24.3 Å². The van der Waals surface area contributed by atoms with Gasteiger partial charge in [0.25, 0.3) is 5.91 Å². The number of benzene rings is 1. The average Bonchev–Trinajstić information content (AvgIpc) is 2.84. The Labute approximate surface area is 195 Å². The minimum Gasteiger partial charge on any atom is -0.467 e. The Balaban J connectivity index is 1.44. The number of nitrogens with one attached hydrogen (secondary N) is 1. The summed E-state index contributed by atoms with van der Waals surface area (Å²) >= 11 is 0. The summed E-state index contributed by atoms with van der Waals surface area (Å²) in [6.07, 6.45) is 4.90. The number of nitrogens with zero attached hydrogens (tertiary/aromatic N) is 3. The van der Waals surface area contributed by atoms with Crippen LogP contribution in [-0.2, 0) is 4.74 Å². The molecule has 0 bridgehead atoms. The molecule has 1 aromatic heterocycles. The second-order valence-corrected chi connectivity index (χ2v) is 9.13. The van der Waals surface area contributed by atoms with Gasteiger partial charge in [-0.1, -0.05) is 29.8 Å². The van der Waals surface area contributed by atoms with Gasteiger partial charge in [0, 0.05) is 31.2 Å². The van der Waals surface area contributed by atoms with E-state index in [0.29, 0.717) is 31.1 Å². The number of piperidine rings is 1. The first-order valence-corrected chi connectivity index (χ1v) is 11.9. The third-order valence-corrected chi connectivity index (χ3v) is 6.63. The first kappa shape index (κ1) is 23.4. The molecule has 8 nitrogen and oxygen atoms in total. The van der Waals surface area contributed by atoms with Gasteiger partial charge in [-0.25, -0.2) is 0 Å². The summed E-state index contributed by atoms with van der Waals surface area (Å²) < 4.78 is 11.7. The first-order chi connectivity index (χ1) is 15.9. The molecule has 0 radical (unpaired) electrons. The zero-order valence-electron chi connectivity index (χ0n) is 19.8. The van der Waals surface area contributed by atoms with E-state index >= 15 is 0 Å². The Kier molecular flexibility index (Phi) is 7.45. The normalized spacial score (nSPS) is 21.6. The second-order valence-electron chi connectivity index (χ2n) is 9.13. The zero-order chi connectivity index (χ0) is 23.4. The van der Waals surface area contributed by atoms with E-state index in [0.717, 1.165) is 37.7 Å². The summed E-state index contributed by atoms with van der Waals surface area (Å²) in [6, 6.07) is 8.91. The second kappa shape index (κ2) is 10.5. The van der Waals surface area contributed by atoms with Crippen LogP contribution in [-0.4, -0.2) is 59.7 Å². The van der Waals surface area contributed by atoms with Crippen LogP contribution in [0, 0.1) is 13.8 Å². The highest BCUT2D eigenvalue weighted by Crippen LogP contribution is 2.32. The minimum atomic E-state index is -0.100. The number of likely N-dealkylation sites (tertiary alicyclic amines) is 1. The van der Waals surface area contributed by atoms with Crippen molar-refractivity contribution in [3.05, 3.63) is 46.6 Å². The van der Waals surface area contributed by atoms with Crippen LogP contribution in [0.3, 0.4) is 0 Å². The van der Waals surface area contributed by atoms with E-state index in [1.165, 1.54) is 18.2 Å². The molecule has 178 valence electrons. The van der Waals surface area contributed by atoms with Gasteiger partial charge in [-0.15, -0.1) is 0 Å². The van der Waals surface area contributed by atoms with E-state index in [1.807, 2.05) is 11.8 Å². The molecule has 8 heteroatoms. The number of methoxy groups -OCH3 is 1. The number of hydrogen-bond acceptors (Lipinski definition) is 7. The number of aryl methyl sites for hydroxylation is 1. The summed E-state index contributed by atoms with van der Waals surface area (Å²) in [5, 5.41) is 3.40. The lowest BCUT2D eigenvalue weighted by Gasteiger charge is -2.31. The van der Waals surface area contributed by atoms with Gasteiger partial charge in [-0.3, -0.25) is 4.79 Å². The zero-order valence-corrected chi connectivity index (χ0v) is 19.8. The third-order valence-electron chi connectivity index (χ3n) is 6.63. The van der Waals surface area contributed by atoms with Crippen molar-refractivity contribution in [1.29, 1.82) is 0 Å². The molecule has 1 amide bonds. The molecule has 2 saturated heterocycles. The Morgan fingerprint density at radius 2 is 1.88 bits per heavy atom. The highest BCUT2D eigenvalue weighted by molar-refractivity contribution is 5.95. The molecule has 2 aromatic rings. The Morgan fingerprint density at radius 1 is 1.15 bits per heavy atom.